The molecule has 0 unspecified atom stereocenters. The molecule has 0 fully saturated rings. The van der Waals surface area contributed by atoms with Gasteiger partial charge in [0, 0.05) is 6.92 Å². The molecule has 0 bridgehead atoms. The molecule has 0 radical (unpaired) electrons. The maximum Gasteiger partial charge on any atom is 0.221 e. The SMILES string of the molecule is CC(=O)Nc1ccc2c(c1C=O)OCCO2. The number of carbonyl (C=O) groups excluding carboxylic acids is 2. The average Bonchev–Trinajstić information content (AvgIpc) is 2.28. The van der Waals surface area contributed by atoms with Crippen molar-refractivity contribution in [2.75, 3.05) is 18.5 Å². The second kappa shape index (κ2) is 4.22. The molecule has 5 nitrogen and oxygen atoms in total. The number of anilines is 1. The summed E-state index contributed by atoms with van der Waals surface area (Å²) < 4.78 is 10.7. The van der Waals surface area contributed by atoms with Gasteiger partial charge in [0.1, 0.15) is 13.2 Å². The van der Waals surface area contributed by atoms with Crippen molar-refractivity contribution < 1.29 is 19.1 Å². The van der Waals surface area contributed by atoms with E-state index < -0.39 is 0 Å². The van der Waals surface area contributed by atoms with Crippen LogP contribution in [0.15, 0.2) is 12.1 Å². The second-order valence-electron chi connectivity index (χ2n) is 3.35. The summed E-state index contributed by atoms with van der Waals surface area (Å²) in [6, 6.07) is 3.30. The molecule has 0 atom stereocenters. The predicted octanol–water partition coefficient (Wildman–Crippen LogP) is 1.23. The first-order chi connectivity index (χ1) is 7.72. The molecule has 1 aromatic carbocycles. The lowest BCUT2D eigenvalue weighted by atomic mass is 10.1. The van der Waals surface area contributed by atoms with E-state index in [9.17, 15) is 9.59 Å². The number of ether oxygens (including phenoxy) is 2. The van der Waals surface area contributed by atoms with E-state index in [4.69, 9.17) is 9.47 Å². The second-order valence-corrected chi connectivity index (χ2v) is 3.35. The van der Waals surface area contributed by atoms with Crippen LogP contribution in [0.2, 0.25) is 0 Å². The maximum atomic E-state index is 11.0. The van der Waals surface area contributed by atoms with E-state index in [-0.39, 0.29) is 5.91 Å². The lowest BCUT2D eigenvalue weighted by Crippen LogP contribution is -2.18. The monoisotopic (exact) mass is 221 g/mol. The average molecular weight is 221 g/mol. The Morgan fingerprint density at radius 1 is 1.38 bits per heavy atom. The topological polar surface area (TPSA) is 64.6 Å². The van der Waals surface area contributed by atoms with E-state index in [1.807, 2.05) is 0 Å². The molecule has 1 heterocycles. The zero-order chi connectivity index (χ0) is 11.5. The van der Waals surface area contributed by atoms with Gasteiger partial charge in [-0.05, 0) is 12.1 Å². The Bertz CT molecular complexity index is 442. The van der Waals surface area contributed by atoms with Crippen LogP contribution in [0.5, 0.6) is 11.5 Å². The number of carbonyl (C=O) groups is 2. The lowest BCUT2D eigenvalue weighted by Gasteiger charge is -2.21. The summed E-state index contributed by atoms with van der Waals surface area (Å²) in [5.74, 6) is 0.690. The summed E-state index contributed by atoms with van der Waals surface area (Å²) in [7, 11) is 0. The van der Waals surface area contributed by atoms with Crippen LogP contribution >= 0.6 is 0 Å². The van der Waals surface area contributed by atoms with Crippen molar-refractivity contribution in [2.45, 2.75) is 6.92 Å². The van der Waals surface area contributed by atoms with E-state index in [1.54, 1.807) is 12.1 Å². The normalized spacial score (nSPS) is 13.1. The van der Waals surface area contributed by atoms with Crippen LogP contribution < -0.4 is 14.8 Å². The molecule has 16 heavy (non-hydrogen) atoms. The fourth-order valence-corrected chi connectivity index (χ4v) is 1.55. The van der Waals surface area contributed by atoms with E-state index in [0.717, 1.165) is 0 Å². The molecule has 0 saturated carbocycles. The Kier molecular flexibility index (Phi) is 2.76. The van der Waals surface area contributed by atoms with Crippen molar-refractivity contribution in [3.63, 3.8) is 0 Å². The number of hydrogen-bond acceptors (Lipinski definition) is 4. The van der Waals surface area contributed by atoms with Gasteiger partial charge in [-0.15, -0.1) is 0 Å². The Morgan fingerprint density at radius 2 is 2.12 bits per heavy atom. The number of benzene rings is 1. The molecular weight excluding hydrogens is 210 g/mol. The standard InChI is InChI=1S/C11H11NO4/c1-7(14)12-9-2-3-10-11(8(9)6-13)16-5-4-15-10/h2-3,6H,4-5H2,1H3,(H,12,14). The molecule has 0 spiro atoms. The highest BCUT2D eigenvalue weighted by atomic mass is 16.6. The molecule has 0 aromatic heterocycles. The molecular formula is C11H11NO4. The third-order valence-electron chi connectivity index (χ3n) is 2.18. The van der Waals surface area contributed by atoms with Gasteiger partial charge in [0.25, 0.3) is 0 Å². The summed E-state index contributed by atoms with van der Waals surface area (Å²) in [4.78, 5) is 21.9. The van der Waals surface area contributed by atoms with Gasteiger partial charge in [0.05, 0.1) is 11.3 Å². The molecule has 2 rings (SSSR count). The van der Waals surface area contributed by atoms with Crippen molar-refractivity contribution in [2.24, 2.45) is 0 Å². The Balaban J connectivity index is 2.47. The number of amides is 1. The first kappa shape index (κ1) is 10.5. The van der Waals surface area contributed by atoms with Gasteiger partial charge in [0.15, 0.2) is 17.8 Å². The highest BCUT2D eigenvalue weighted by molar-refractivity contribution is 5.97. The highest BCUT2D eigenvalue weighted by Crippen LogP contribution is 2.37. The molecule has 0 aliphatic carbocycles. The number of rotatable bonds is 2. The third kappa shape index (κ3) is 1.84. The number of hydrogen-bond donors (Lipinski definition) is 1. The first-order valence-electron chi connectivity index (χ1n) is 4.87. The Morgan fingerprint density at radius 3 is 2.81 bits per heavy atom. The van der Waals surface area contributed by atoms with Gasteiger partial charge < -0.3 is 14.8 Å². The largest absolute Gasteiger partial charge is 0.486 e. The molecule has 1 aliphatic heterocycles. The van der Waals surface area contributed by atoms with Gasteiger partial charge in [-0.2, -0.15) is 0 Å². The summed E-state index contributed by atoms with van der Waals surface area (Å²) in [5, 5.41) is 2.57. The summed E-state index contributed by atoms with van der Waals surface area (Å²) in [6.45, 7) is 2.24. The van der Waals surface area contributed by atoms with Crippen LogP contribution in [0.3, 0.4) is 0 Å². The molecule has 1 aliphatic rings. The molecule has 0 saturated heterocycles. The van der Waals surface area contributed by atoms with Crippen LogP contribution in [0.1, 0.15) is 17.3 Å². The number of aldehydes is 1. The minimum Gasteiger partial charge on any atom is -0.486 e. The van der Waals surface area contributed by atoms with E-state index in [0.29, 0.717) is 42.2 Å². The molecule has 1 aromatic rings. The first-order valence-corrected chi connectivity index (χ1v) is 4.87. The van der Waals surface area contributed by atoms with E-state index >= 15 is 0 Å². The van der Waals surface area contributed by atoms with Crippen LogP contribution in [-0.4, -0.2) is 25.4 Å². The van der Waals surface area contributed by atoms with Crippen molar-refractivity contribution >= 4 is 17.9 Å². The minimum absolute atomic E-state index is 0.236. The molecule has 84 valence electrons. The van der Waals surface area contributed by atoms with Crippen LogP contribution in [0, 0.1) is 0 Å². The van der Waals surface area contributed by atoms with Gasteiger partial charge in [-0.1, -0.05) is 0 Å². The van der Waals surface area contributed by atoms with E-state index in [1.165, 1.54) is 6.92 Å². The highest BCUT2D eigenvalue weighted by Gasteiger charge is 2.19. The van der Waals surface area contributed by atoms with Crippen LogP contribution in [0.25, 0.3) is 0 Å². The quantitative estimate of drug-likeness (QED) is 0.763. The van der Waals surface area contributed by atoms with Crippen LogP contribution in [-0.2, 0) is 4.79 Å². The summed E-state index contributed by atoms with van der Waals surface area (Å²) >= 11 is 0. The van der Waals surface area contributed by atoms with Crippen molar-refractivity contribution in [1.29, 1.82) is 0 Å². The fourth-order valence-electron chi connectivity index (χ4n) is 1.55. The maximum absolute atomic E-state index is 11.0. The van der Waals surface area contributed by atoms with Gasteiger partial charge in [-0.3, -0.25) is 9.59 Å². The summed E-state index contributed by atoms with van der Waals surface area (Å²) in [6.07, 6.45) is 0.652. The number of fused-ring (bicyclic) bond motifs is 1. The Labute approximate surface area is 92.4 Å². The third-order valence-corrected chi connectivity index (χ3v) is 2.18. The lowest BCUT2D eigenvalue weighted by molar-refractivity contribution is -0.114. The number of nitrogens with one attached hydrogen (secondary N) is 1. The van der Waals surface area contributed by atoms with Crippen LogP contribution in [0.4, 0.5) is 5.69 Å². The minimum atomic E-state index is -0.236. The van der Waals surface area contributed by atoms with Gasteiger partial charge >= 0.3 is 0 Å². The van der Waals surface area contributed by atoms with Crippen molar-refractivity contribution in [3.05, 3.63) is 17.7 Å². The van der Waals surface area contributed by atoms with Gasteiger partial charge in [0.2, 0.25) is 5.91 Å². The van der Waals surface area contributed by atoms with Crippen molar-refractivity contribution in [1.82, 2.24) is 0 Å². The fraction of sp³-hybridized carbons (Fsp3) is 0.273. The van der Waals surface area contributed by atoms with E-state index in [2.05, 4.69) is 5.32 Å². The summed E-state index contributed by atoms with van der Waals surface area (Å²) in [5.41, 5.74) is 0.749. The smallest absolute Gasteiger partial charge is 0.221 e. The predicted molar refractivity (Wildman–Crippen MR) is 57.1 cm³/mol. The van der Waals surface area contributed by atoms with Crippen molar-refractivity contribution in [3.8, 4) is 11.5 Å². The molecule has 1 amide bonds. The van der Waals surface area contributed by atoms with Gasteiger partial charge in [-0.25, -0.2) is 0 Å². The zero-order valence-electron chi connectivity index (χ0n) is 8.78. The Hall–Kier alpha value is -2.04. The molecule has 1 N–H and O–H groups in total. The molecule has 5 heteroatoms. The zero-order valence-corrected chi connectivity index (χ0v) is 8.78.